The number of ketones is 1. The highest BCUT2D eigenvalue weighted by Crippen LogP contribution is 2.26. The number of aromatic nitrogens is 2. The summed E-state index contributed by atoms with van der Waals surface area (Å²) in [4.78, 5) is 16.1. The van der Waals surface area contributed by atoms with Crippen molar-refractivity contribution in [2.75, 3.05) is 7.11 Å². The summed E-state index contributed by atoms with van der Waals surface area (Å²) in [6.07, 6.45) is 1.70. The smallest absolute Gasteiger partial charge is 0.179 e. The Morgan fingerprint density at radius 3 is 2.30 bits per heavy atom. The molecule has 3 aromatic rings. The van der Waals surface area contributed by atoms with Gasteiger partial charge in [-0.25, -0.2) is 4.98 Å². The number of ether oxygens (including phenoxy) is 1. The number of benzene rings is 2. The molecule has 0 amide bonds. The summed E-state index contributed by atoms with van der Waals surface area (Å²) >= 11 is 0. The molecule has 116 valence electrons. The maximum atomic E-state index is 11.7. The molecule has 1 N–H and O–H groups in total. The quantitative estimate of drug-likeness (QED) is 0.750. The molecule has 2 aromatic carbocycles. The molecule has 3 rings (SSSR count). The van der Waals surface area contributed by atoms with E-state index in [1.165, 1.54) is 6.92 Å². The lowest BCUT2D eigenvalue weighted by atomic mass is 10.2. The molecule has 0 aliphatic heterocycles. The second kappa shape index (κ2) is 5.96. The van der Waals surface area contributed by atoms with Crippen LogP contribution in [-0.2, 0) is 0 Å². The zero-order valence-corrected chi connectivity index (χ0v) is 12.9. The zero-order valence-electron chi connectivity index (χ0n) is 12.9. The standard InChI is InChI=1S/C18H16N2O3/c1-12(21)17-11-20(14-5-7-15(22)8-6-14)18(19-17)13-3-9-16(23-2)10-4-13/h3-11,22H,1-2H3. The first-order chi connectivity index (χ1) is 11.1. The molecule has 0 saturated heterocycles. The van der Waals surface area contributed by atoms with Gasteiger partial charge in [0, 0.05) is 24.4 Å². The molecule has 0 bridgehead atoms. The van der Waals surface area contributed by atoms with Crippen LogP contribution in [0.15, 0.2) is 54.7 Å². The lowest BCUT2D eigenvalue weighted by Crippen LogP contribution is -1.96. The van der Waals surface area contributed by atoms with Crippen molar-refractivity contribution >= 4 is 5.78 Å². The third-order valence-electron chi connectivity index (χ3n) is 3.54. The Hall–Kier alpha value is -3.08. The molecule has 0 unspecified atom stereocenters. The van der Waals surface area contributed by atoms with Crippen LogP contribution in [0.3, 0.4) is 0 Å². The fraction of sp³-hybridized carbons (Fsp3) is 0.111. The highest BCUT2D eigenvalue weighted by Gasteiger charge is 2.14. The molecular formula is C18H16N2O3. The number of rotatable bonds is 4. The largest absolute Gasteiger partial charge is 0.508 e. The number of aromatic hydroxyl groups is 1. The number of phenolic OH excluding ortho intramolecular Hbond substituents is 1. The maximum Gasteiger partial charge on any atom is 0.179 e. The van der Waals surface area contributed by atoms with Gasteiger partial charge in [-0.2, -0.15) is 0 Å². The van der Waals surface area contributed by atoms with E-state index in [4.69, 9.17) is 4.74 Å². The van der Waals surface area contributed by atoms with Crippen LogP contribution in [-0.4, -0.2) is 27.6 Å². The van der Waals surface area contributed by atoms with Gasteiger partial charge < -0.3 is 9.84 Å². The maximum absolute atomic E-state index is 11.7. The minimum absolute atomic E-state index is 0.0997. The van der Waals surface area contributed by atoms with Crippen LogP contribution in [0.25, 0.3) is 17.1 Å². The monoisotopic (exact) mass is 308 g/mol. The molecule has 0 aliphatic carbocycles. The van der Waals surface area contributed by atoms with Gasteiger partial charge in [-0.3, -0.25) is 9.36 Å². The molecule has 0 radical (unpaired) electrons. The van der Waals surface area contributed by atoms with Gasteiger partial charge in [0.1, 0.15) is 23.0 Å². The summed E-state index contributed by atoms with van der Waals surface area (Å²) < 4.78 is 7.00. The van der Waals surface area contributed by atoms with Crippen molar-refractivity contribution in [3.05, 3.63) is 60.4 Å². The Bertz CT molecular complexity index is 834. The summed E-state index contributed by atoms with van der Waals surface area (Å²) in [6, 6.07) is 14.2. The molecule has 0 spiro atoms. The van der Waals surface area contributed by atoms with Crippen LogP contribution in [0.1, 0.15) is 17.4 Å². The zero-order chi connectivity index (χ0) is 16.4. The highest BCUT2D eigenvalue weighted by atomic mass is 16.5. The Labute approximate surface area is 133 Å². The molecule has 0 saturated carbocycles. The summed E-state index contributed by atoms with van der Waals surface area (Å²) in [5, 5.41) is 9.45. The summed E-state index contributed by atoms with van der Waals surface area (Å²) in [5.74, 6) is 1.50. The summed E-state index contributed by atoms with van der Waals surface area (Å²) in [5.41, 5.74) is 2.07. The average Bonchev–Trinajstić information content (AvgIpc) is 3.01. The Morgan fingerprint density at radius 1 is 1.09 bits per heavy atom. The van der Waals surface area contributed by atoms with Crippen molar-refractivity contribution in [3.8, 4) is 28.6 Å². The van der Waals surface area contributed by atoms with Crippen molar-refractivity contribution in [2.45, 2.75) is 6.92 Å². The van der Waals surface area contributed by atoms with Crippen molar-refractivity contribution in [2.24, 2.45) is 0 Å². The van der Waals surface area contributed by atoms with Gasteiger partial charge in [-0.05, 0) is 48.5 Å². The van der Waals surface area contributed by atoms with E-state index in [1.807, 2.05) is 28.8 Å². The second-order valence-corrected chi connectivity index (χ2v) is 5.12. The normalized spacial score (nSPS) is 10.5. The van der Waals surface area contributed by atoms with Crippen LogP contribution in [0.2, 0.25) is 0 Å². The number of Topliss-reactive ketones (excluding diaryl/α,β-unsaturated/α-hetero) is 1. The van der Waals surface area contributed by atoms with E-state index in [2.05, 4.69) is 4.98 Å². The Balaban J connectivity index is 2.13. The van der Waals surface area contributed by atoms with Gasteiger partial charge in [0.25, 0.3) is 0 Å². The summed E-state index contributed by atoms with van der Waals surface area (Å²) in [7, 11) is 1.61. The number of carbonyl (C=O) groups excluding carboxylic acids is 1. The van der Waals surface area contributed by atoms with Gasteiger partial charge in [0.2, 0.25) is 0 Å². The Kier molecular flexibility index (Phi) is 3.85. The van der Waals surface area contributed by atoms with Crippen molar-refractivity contribution < 1.29 is 14.6 Å². The van der Waals surface area contributed by atoms with Crippen molar-refractivity contribution in [1.29, 1.82) is 0 Å². The molecule has 0 fully saturated rings. The van der Waals surface area contributed by atoms with E-state index < -0.39 is 0 Å². The molecule has 5 nitrogen and oxygen atoms in total. The number of carbonyl (C=O) groups is 1. The molecule has 23 heavy (non-hydrogen) atoms. The molecule has 1 aromatic heterocycles. The molecule has 0 aliphatic rings. The third kappa shape index (κ3) is 2.94. The van der Waals surface area contributed by atoms with Crippen molar-refractivity contribution in [1.82, 2.24) is 9.55 Å². The number of phenols is 1. The lowest BCUT2D eigenvalue weighted by molar-refractivity contribution is 0.101. The highest BCUT2D eigenvalue weighted by molar-refractivity contribution is 5.92. The van der Waals surface area contributed by atoms with Gasteiger partial charge in [-0.1, -0.05) is 0 Å². The van der Waals surface area contributed by atoms with E-state index in [0.29, 0.717) is 11.5 Å². The van der Waals surface area contributed by atoms with Crippen LogP contribution in [0, 0.1) is 0 Å². The molecular weight excluding hydrogens is 292 g/mol. The predicted octanol–water partition coefficient (Wildman–Crippen LogP) is 3.46. The van der Waals surface area contributed by atoms with Crippen LogP contribution < -0.4 is 4.74 Å². The van der Waals surface area contributed by atoms with Crippen LogP contribution >= 0.6 is 0 Å². The van der Waals surface area contributed by atoms with E-state index in [0.717, 1.165) is 17.0 Å². The first kappa shape index (κ1) is 14.8. The van der Waals surface area contributed by atoms with Gasteiger partial charge >= 0.3 is 0 Å². The number of hydrogen-bond donors (Lipinski definition) is 1. The number of nitrogens with zero attached hydrogens (tertiary/aromatic N) is 2. The molecule has 1 heterocycles. The third-order valence-corrected chi connectivity index (χ3v) is 3.54. The first-order valence-electron chi connectivity index (χ1n) is 7.12. The van der Waals surface area contributed by atoms with E-state index in [-0.39, 0.29) is 11.5 Å². The first-order valence-corrected chi connectivity index (χ1v) is 7.12. The number of hydrogen-bond acceptors (Lipinski definition) is 4. The van der Waals surface area contributed by atoms with Gasteiger partial charge in [0.05, 0.1) is 7.11 Å². The lowest BCUT2D eigenvalue weighted by Gasteiger charge is -2.08. The van der Waals surface area contributed by atoms with Crippen molar-refractivity contribution in [3.63, 3.8) is 0 Å². The minimum Gasteiger partial charge on any atom is -0.508 e. The average molecular weight is 308 g/mol. The van der Waals surface area contributed by atoms with E-state index >= 15 is 0 Å². The number of imidazole rings is 1. The fourth-order valence-corrected chi connectivity index (χ4v) is 2.30. The van der Waals surface area contributed by atoms with Crippen LogP contribution in [0.5, 0.6) is 11.5 Å². The summed E-state index contributed by atoms with van der Waals surface area (Å²) in [6.45, 7) is 1.49. The van der Waals surface area contributed by atoms with Gasteiger partial charge in [-0.15, -0.1) is 0 Å². The molecule has 5 heteroatoms. The SMILES string of the molecule is COc1ccc(-c2nc(C(C)=O)cn2-c2ccc(O)cc2)cc1. The Morgan fingerprint density at radius 2 is 1.74 bits per heavy atom. The molecule has 0 atom stereocenters. The topological polar surface area (TPSA) is 64.3 Å². The van der Waals surface area contributed by atoms with Crippen LogP contribution in [0.4, 0.5) is 0 Å². The fourth-order valence-electron chi connectivity index (χ4n) is 2.30. The number of methoxy groups -OCH3 is 1. The van der Waals surface area contributed by atoms with Gasteiger partial charge in [0.15, 0.2) is 5.78 Å². The second-order valence-electron chi connectivity index (χ2n) is 5.12. The van der Waals surface area contributed by atoms with E-state index in [1.54, 1.807) is 37.6 Å². The predicted molar refractivity (Wildman–Crippen MR) is 87.2 cm³/mol. The van der Waals surface area contributed by atoms with E-state index in [9.17, 15) is 9.90 Å². The minimum atomic E-state index is -0.0997.